The Kier molecular flexibility index (Phi) is 5.52. The first kappa shape index (κ1) is 15.5. The summed E-state index contributed by atoms with van der Waals surface area (Å²) in [6, 6.07) is 4.57. The minimum atomic E-state index is -3.33. The second-order valence-corrected chi connectivity index (χ2v) is 8.86. The van der Waals surface area contributed by atoms with E-state index in [2.05, 4.69) is 0 Å². The van der Waals surface area contributed by atoms with Gasteiger partial charge in [-0.3, -0.25) is 0 Å². The first-order valence-corrected chi connectivity index (χ1v) is 8.50. The van der Waals surface area contributed by atoms with E-state index in [-0.39, 0.29) is 10.8 Å². The summed E-state index contributed by atoms with van der Waals surface area (Å²) in [5.41, 5.74) is 0.368. The van der Waals surface area contributed by atoms with Gasteiger partial charge in [0.25, 0.3) is 0 Å². The highest BCUT2D eigenvalue weighted by atomic mass is 127. The zero-order valence-corrected chi connectivity index (χ0v) is 13.4. The summed E-state index contributed by atoms with van der Waals surface area (Å²) in [4.78, 5) is 0. The highest BCUT2D eigenvalue weighted by molar-refractivity contribution is 14.1. The van der Waals surface area contributed by atoms with Gasteiger partial charge < -0.3 is 5.11 Å². The van der Waals surface area contributed by atoms with Crippen LogP contribution >= 0.6 is 45.8 Å². The quantitative estimate of drug-likeness (QED) is 0.614. The second kappa shape index (κ2) is 6.06. The van der Waals surface area contributed by atoms with E-state index in [1.807, 2.05) is 0 Å². The Labute approximate surface area is 124 Å². The fraction of sp³-hybridized carbons (Fsp3) is 0.400. The topological polar surface area (TPSA) is 54.4 Å². The SMILES string of the molecule is CCS(=O)(=O)[C@H](I)[C@@H](O)c1ccc(Cl)cc1Cl. The molecule has 1 N–H and O–H groups in total. The number of hydrogen-bond acceptors (Lipinski definition) is 3. The maximum Gasteiger partial charge on any atom is 0.164 e. The first-order valence-electron chi connectivity index (χ1n) is 4.78. The van der Waals surface area contributed by atoms with Crippen molar-refractivity contribution in [2.75, 3.05) is 5.75 Å². The van der Waals surface area contributed by atoms with E-state index in [0.29, 0.717) is 10.6 Å². The van der Waals surface area contributed by atoms with Gasteiger partial charge in [0, 0.05) is 21.4 Å². The number of aliphatic hydroxyl groups is 1. The Morgan fingerprint density at radius 1 is 1.41 bits per heavy atom. The third-order valence-electron chi connectivity index (χ3n) is 2.27. The molecular formula is C10H11Cl2IO3S. The minimum absolute atomic E-state index is 0.0249. The lowest BCUT2D eigenvalue weighted by Crippen LogP contribution is -2.24. The molecule has 3 nitrogen and oxygen atoms in total. The molecule has 0 radical (unpaired) electrons. The van der Waals surface area contributed by atoms with Gasteiger partial charge in [0.15, 0.2) is 9.84 Å². The van der Waals surface area contributed by atoms with Crippen LogP contribution in [-0.4, -0.2) is 22.5 Å². The summed E-state index contributed by atoms with van der Waals surface area (Å²) in [6.07, 6.45) is -1.16. The third kappa shape index (κ3) is 3.70. The molecule has 0 heterocycles. The maximum atomic E-state index is 11.7. The van der Waals surface area contributed by atoms with Crippen LogP contribution in [-0.2, 0) is 9.84 Å². The van der Waals surface area contributed by atoms with Crippen molar-refractivity contribution in [3.05, 3.63) is 33.8 Å². The Bertz CT molecular complexity index is 504. The molecule has 0 aliphatic rings. The summed E-state index contributed by atoms with van der Waals surface area (Å²) >= 11 is 13.4. The monoisotopic (exact) mass is 408 g/mol. The van der Waals surface area contributed by atoms with Crippen LogP contribution < -0.4 is 0 Å². The van der Waals surface area contributed by atoms with Crippen LogP contribution in [0.4, 0.5) is 0 Å². The molecule has 0 saturated heterocycles. The molecule has 1 aromatic carbocycles. The Morgan fingerprint density at radius 3 is 2.47 bits per heavy atom. The van der Waals surface area contributed by atoms with Crippen molar-refractivity contribution >= 4 is 55.6 Å². The highest BCUT2D eigenvalue weighted by Gasteiger charge is 2.30. The van der Waals surface area contributed by atoms with Crippen molar-refractivity contribution in [1.29, 1.82) is 0 Å². The molecule has 0 spiro atoms. The average Bonchev–Trinajstić information content (AvgIpc) is 2.27. The minimum Gasteiger partial charge on any atom is -0.386 e. The van der Waals surface area contributed by atoms with Crippen molar-refractivity contribution in [2.45, 2.75) is 16.3 Å². The molecule has 0 saturated carbocycles. The number of benzene rings is 1. The maximum absolute atomic E-state index is 11.7. The van der Waals surface area contributed by atoms with E-state index in [1.165, 1.54) is 19.1 Å². The molecule has 0 amide bonds. The van der Waals surface area contributed by atoms with E-state index in [4.69, 9.17) is 23.2 Å². The molecule has 0 unspecified atom stereocenters. The van der Waals surface area contributed by atoms with E-state index in [9.17, 15) is 13.5 Å². The van der Waals surface area contributed by atoms with Gasteiger partial charge in [0.05, 0.1) is 0 Å². The molecule has 2 atom stereocenters. The van der Waals surface area contributed by atoms with Gasteiger partial charge in [-0.05, 0) is 12.1 Å². The van der Waals surface area contributed by atoms with Gasteiger partial charge in [0.2, 0.25) is 0 Å². The second-order valence-electron chi connectivity index (χ2n) is 3.41. The summed E-state index contributed by atoms with van der Waals surface area (Å²) in [5.74, 6) is -0.0249. The van der Waals surface area contributed by atoms with Crippen LogP contribution in [0, 0.1) is 0 Å². The molecule has 0 bridgehead atoms. The van der Waals surface area contributed by atoms with Gasteiger partial charge in [-0.15, -0.1) is 0 Å². The number of halogens is 3. The van der Waals surface area contributed by atoms with E-state index in [0.717, 1.165) is 0 Å². The molecule has 1 rings (SSSR count). The van der Waals surface area contributed by atoms with Gasteiger partial charge >= 0.3 is 0 Å². The summed E-state index contributed by atoms with van der Waals surface area (Å²) in [6.45, 7) is 1.54. The fourth-order valence-corrected chi connectivity index (χ4v) is 4.08. The number of alkyl halides is 1. The zero-order valence-electron chi connectivity index (χ0n) is 8.90. The molecule has 0 aliphatic heterocycles. The summed E-state index contributed by atoms with van der Waals surface area (Å²) in [7, 11) is -3.33. The predicted molar refractivity (Wildman–Crippen MR) is 78.7 cm³/mol. The number of sulfone groups is 1. The van der Waals surface area contributed by atoms with Crippen molar-refractivity contribution in [2.24, 2.45) is 0 Å². The van der Waals surface area contributed by atoms with Gasteiger partial charge in [-0.2, -0.15) is 0 Å². The third-order valence-corrected chi connectivity index (χ3v) is 7.59. The first-order chi connectivity index (χ1) is 7.79. The number of rotatable bonds is 4. The molecule has 0 fully saturated rings. The van der Waals surface area contributed by atoms with Crippen LogP contribution in [0.5, 0.6) is 0 Å². The Morgan fingerprint density at radius 2 is 2.00 bits per heavy atom. The van der Waals surface area contributed by atoms with Crippen LogP contribution in [0.1, 0.15) is 18.6 Å². The lowest BCUT2D eigenvalue weighted by molar-refractivity contribution is 0.197. The van der Waals surface area contributed by atoms with E-state index in [1.54, 1.807) is 28.7 Å². The molecule has 1 aromatic rings. The van der Waals surface area contributed by atoms with E-state index >= 15 is 0 Å². The molecule has 96 valence electrons. The summed E-state index contributed by atoms with van der Waals surface area (Å²) < 4.78 is 22.4. The molecule has 7 heteroatoms. The zero-order chi connectivity index (χ0) is 13.2. The molecular weight excluding hydrogens is 398 g/mol. The van der Waals surface area contributed by atoms with Crippen LogP contribution in [0.3, 0.4) is 0 Å². The van der Waals surface area contributed by atoms with Crippen molar-refractivity contribution in [3.63, 3.8) is 0 Å². The van der Waals surface area contributed by atoms with Crippen molar-refractivity contribution < 1.29 is 13.5 Å². The van der Waals surface area contributed by atoms with Crippen molar-refractivity contribution in [1.82, 2.24) is 0 Å². The van der Waals surface area contributed by atoms with Gasteiger partial charge in [-0.25, -0.2) is 8.42 Å². The molecule has 0 aliphatic carbocycles. The van der Waals surface area contributed by atoms with Crippen LogP contribution in [0.25, 0.3) is 0 Å². The summed E-state index contributed by atoms with van der Waals surface area (Å²) in [5, 5.41) is 10.7. The lowest BCUT2D eigenvalue weighted by Gasteiger charge is -2.18. The van der Waals surface area contributed by atoms with Crippen LogP contribution in [0.15, 0.2) is 18.2 Å². The van der Waals surface area contributed by atoms with Crippen molar-refractivity contribution in [3.8, 4) is 0 Å². The lowest BCUT2D eigenvalue weighted by atomic mass is 10.1. The van der Waals surface area contributed by atoms with Crippen LogP contribution in [0.2, 0.25) is 10.0 Å². The van der Waals surface area contributed by atoms with Gasteiger partial charge in [-0.1, -0.05) is 58.8 Å². The predicted octanol–water partition coefficient (Wildman–Crippen LogP) is 3.22. The number of hydrogen-bond donors (Lipinski definition) is 1. The Balaban J connectivity index is 3.09. The fourth-order valence-electron chi connectivity index (χ4n) is 1.24. The molecule has 0 aromatic heterocycles. The standard InChI is InChI=1S/C10H11Cl2IO3S/c1-2-17(15,16)10(13)9(14)7-4-3-6(11)5-8(7)12/h3-5,9-10,14H,2H2,1H3/t9-,10-/m0/s1. The largest absolute Gasteiger partial charge is 0.386 e. The molecule has 17 heavy (non-hydrogen) atoms. The normalized spacial score (nSPS) is 15.6. The smallest absolute Gasteiger partial charge is 0.164 e. The highest BCUT2D eigenvalue weighted by Crippen LogP contribution is 2.33. The average molecular weight is 409 g/mol. The van der Waals surface area contributed by atoms with E-state index < -0.39 is 19.2 Å². The Hall–Kier alpha value is 0.440. The number of aliphatic hydroxyl groups excluding tert-OH is 1. The van der Waals surface area contributed by atoms with Gasteiger partial charge in [0.1, 0.15) is 9.36 Å².